The van der Waals surface area contributed by atoms with Crippen LogP contribution in [0.25, 0.3) is 0 Å². The zero-order chi connectivity index (χ0) is 27.3. The first-order valence-electron chi connectivity index (χ1n) is 9.95. The molecule has 0 saturated heterocycles. The van der Waals surface area contributed by atoms with E-state index in [0.29, 0.717) is 12.1 Å². The second kappa shape index (κ2) is 11.6. The van der Waals surface area contributed by atoms with Crippen molar-refractivity contribution >= 4 is 41.1 Å². The maximum absolute atomic E-state index is 12.8. The molecule has 0 bridgehead atoms. The molecule has 10 nitrogen and oxygen atoms in total. The molecule has 196 valence electrons. The van der Waals surface area contributed by atoms with Gasteiger partial charge in [0.2, 0.25) is 0 Å². The summed E-state index contributed by atoms with van der Waals surface area (Å²) >= 11 is 11.1. The first-order chi connectivity index (χ1) is 16.7. The largest absolute Gasteiger partial charge is 0.481 e. The van der Waals surface area contributed by atoms with E-state index in [9.17, 15) is 42.8 Å². The Morgan fingerprint density at radius 3 is 2.42 bits per heavy atom. The van der Waals surface area contributed by atoms with E-state index < -0.39 is 76.1 Å². The number of hydrogen-bond donors (Lipinski definition) is 1. The SMILES string of the molecule is CC(C(=O)OCCl)C(=O)OCCC1([N+](=O)[O-])C=CC(Oc2ccc(C(F)(F)F)cc2Cl)=CC1C(=O)O. The average molecular weight is 556 g/mol. The zero-order valence-corrected chi connectivity index (χ0v) is 19.8. The van der Waals surface area contributed by atoms with Crippen LogP contribution in [0.4, 0.5) is 13.2 Å². The number of allylic oxidation sites excluding steroid dienone is 1. The molecule has 0 fully saturated rings. The number of nitrogens with zero attached hydrogens (tertiary/aromatic N) is 1. The molecule has 15 heteroatoms. The highest BCUT2D eigenvalue weighted by atomic mass is 35.5. The predicted octanol–water partition coefficient (Wildman–Crippen LogP) is 4.22. The highest BCUT2D eigenvalue weighted by molar-refractivity contribution is 6.32. The molecule has 1 aromatic rings. The Morgan fingerprint density at radius 2 is 1.89 bits per heavy atom. The highest BCUT2D eigenvalue weighted by Gasteiger charge is 2.53. The Balaban J connectivity index is 2.21. The van der Waals surface area contributed by atoms with Gasteiger partial charge in [0.25, 0.3) is 5.54 Å². The topological polar surface area (TPSA) is 142 Å². The summed E-state index contributed by atoms with van der Waals surface area (Å²) in [6.07, 6.45) is -2.39. The summed E-state index contributed by atoms with van der Waals surface area (Å²) in [5, 5.41) is 21.1. The lowest BCUT2D eigenvalue weighted by molar-refractivity contribution is -0.562. The Kier molecular flexibility index (Phi) is 9.32. The smallest absolute Gasteiger partial charge is 0.416 e. The van der Waals surface area contributed by atoms with E-state index in [4.69, 9.17) is 32.7 Å². The maximum atomic E-state index is 12.8. The van der Waals surface area contributed by atoms with Gasteiger partial charge in [-0.1, -0.05) is 23.2 Å². The number of hydrogen-bond acceptors (Lipinski definition) is 8. The van der Waals surface area contributed by atoms with Crippen molar-refractivity contribution < 1.29 is 51.8 Å². The van der Waals surface area contributed by atoms with Crippen LogP contribution in [0, 0.1) is 22.0 Å². The first kappa shape index (κ1) is 28.9. The zero-order valence-electron chi connectivity index (χ0n) is 18.3. The molecule has 3 unspecified atom stereocenters. The lowest BCUT2D eigenvalue weighted by Crippen LogP contribution is -2.49. The Labute approximate surface area is 211 Å². The minimum absolute atomic E-state index is 0.226. The molecule has 0 aromatic heterocycles. The fourth-order valence-corrected chi connectivity index (χ4v) is 3.48. The maximum Gasteiger partial charge on any atom is 0.416 e. The van der Waals surface area contributed by atoms with Gasteiger partial charge in [-0.25, -0.2) is 0 Å². The van der Waals surface area contributed by atoms with Crippen LogP contribution in [0.2, 0.25) is 5.02 Å². The van der Waals surface area contributed by atoms with Crippen molar-refractivity contribution in [2.75, 3.05) is 12.7 Å². The van der Waals surface area contributed by atoms with Crippen molar-refractivity contribution in [3.05, 3.63) is 62.9 Å². The molecule has 1 N–H and O–H groups in total. The number of benzene rings is 1. The molecule has 0 amide bonds. The second-order valence-electron chi connectivity index (χ2n) is 7.42. The lowest BCUT2D eigenvalue weighted by atomic mass is 9.78. The van der Waals surface area contributed by atoms with Crippen LogP contribution in [0.1, 0.15) is 18.9 Å². The minimum atomic E-state index is -4.66. The van der Waals surface area contributed by atoms with Crippen molar-refractivity contribution in [2.45, 2.75) is 25.1 Å². The number of aliphatic carboxylic acids is 1. The van der Waals surface area contributed by atoms with Gasteiger partial charge in [-0.3, -0.25) is 24.5 Å². The number of carboxylic acids is 1. The third-order valence-corrected chi connectivity index (χ3v) is 5.55. The van der Waals surface area contributed by atoms with Crippen LogP contribution >= 0.6 is 23.2 Å². The number of alkyl halides is 4. The molecular weight excluding hydrogens is 538 g/mol. The number of carbonyl (C=O) groups is 3. The number of nitro groups is 1. The summed E-state index contributed by atoms with van der Waals surface area (Å²) in [5.74, 6) is -7.33. The van der Waals surface area contributed by atoms with E-state index in [1.807, 2.05) is 0 Å². The van der Waals surface area contributed by atoms with Crippen molar-refractivity contribution in [1.29, 1.82) is 0 Å². The number of esters is 2. The molecule has 0 aliphatic heterocycles. The summed E-state index contributed by atoms with van der Waals surface area (Å²) in [6, 6.07) is 1.72. The van der Waals surface area contributed by atoms with Crippen molar-refractivity contribution in [1.82, 2.24) is 0 Å². The molecule has 0 spiro atoms. The third kappa shape index (κ3) is 6.66. The minimum Gasteiger partial charge on any atom is -0.481 e. The van der Waals surface area contributed by atoms with E-state index >= 15 is 0 Å². The van der Waals surface area contributed by atoms with Crippen LogP contribution in [0.5, 0.6) is 5.75 Å². The second-order valence-corrected chi connectivity index (χ2v) is 8.05. The van der Waals surface area contributed by atoms with Crippen LogP contribution in [-0.2, 0) is 30.0 Å². The number of halogens is 5. The number of carboxylic acid groups (broad SMARTS) is 1. The summed E-state index contributed by atoms with van der Waals surface area (Å²) in [6.45, 7) is 0.543. The Bertz CT molecular complexity index is 1110. The normalized spacial score (nSPS) is 20.2. The third-order valence-electron chi connectivity index (χ3n) is 5.15. The highest BCUT2D eigenvalue weighted by Crippen LogP contribution is 2.38. The summed E-state index contributed by atoms with van der Waals surface area (Å²) < 4.78 is 53.2. The van der Waals surface area contributed by atoms with Gasteiger partial charge in [0.05, 0.1) is 23.6 Å². The molecule has 0 heterocycles. The van der Waals surface area contributed by atoms with Crippen LogP contribution in [0.15, 0.2) is 42.2 Å². The number of carbonyl (C=O) groups excluding carboxylic acids is 2. The van der Waals surface area contributed by atoms with Gasteiger partial charge in [-0.15, -0.1) is 0 Å². The monoisotopic (exact) mass is 555 g/mol. The van der Waals surface area contributed by atoms with Crippen LogP contribution in [-0.4, -0.2) is 46.1 Å². The van der Waals surface area contributed by atoms with Gasteiger partial charge in [-0.2, -0.15) is 13.2 Å². The van der Waals surface area contributed by atoms with Gasteiger partial charge < -0.3 is 19.3 Å². The molecule has 36 heavy (non-hydrogen) atoms. The molecule has 3 atom stereocenters. The molecule has 1 aromatic carbocycles. The molecule has 0 saturated carbocycles. The van der Waals surface area contributed by atoms with Gasteiger partial charge in [0, 0.05) is 4.92 Å². The standard InChI is InChI=1S/C21H18Cl2F3NO9/c1-11(19(31)35-10-22)18(30)34-7-6-20(27(32)33)5-4-13(9-14(20)17(28)29)36-16-3-2-12(8-15(16)23)21(24,25)26/h2-5,8-9,11,14H,6-7,10H2,1H3,(H,28,29). The molecule has 1 aliphatic rings. The van der Waals surface area contributed by atoms with Crippen LogP contribution in [0.3, 0.4) is 0 Å². The van der Waals surface area contributed by atoms with E-state index in [-0.39, 0.29) is 11.5 Å². The molecular formula is C21H18Cl2F3NO9. The quantitative estimate of drug-likeness (QED) is 0.147. The summed E-state index contributed by atoms with van der Waals surface area (Å²) in [5.41, 5.74) is -3.31. The van der Waals surface area contributed by atoms with E-state index in [1.165, 1.54) is 6.92 Å². The number of rotatable bonds is 10. The number of ether oxygens (including phenoxy) is 3. The van der Waals surface area contributed by atoms with Crippen LogP contribution < -0.4 is 4.74 Å². The van der Waals surface area contributed by atoms with Crippen molar-refractivity contribution in [3.8, 4) is 5.75 Å². The molecule has 2 rings (SSSR count). The average Bonchev–Trinajstić information content (AvgIpc) is 2.79. The van der Waals surface area contributed by atoms with E-state index in [0.717, 1.165) is 24.3 Å². The summed E-state index contributed by atoms with van der Waals surface area (Å²) in [7, 11) is 0. The molecule has 0 radical (unpaired) electrons. The van der Waals surface area contributed by atoms with Gasteiger partial charge in [0.15, 0.2) is 17.9 Å². The Morgan fingerprint density at radius 1 is 1.25 bits per heavy atom. The molecule has 1 aliphatic carbocycles. The van der Waals surface area contributed by atoms with Gasteiger partial charge in [-0.05, 0) is 43.4 Å². The summed E-state index contributed by atoms with van der Waals surface area (Å²) in [4.78, 5) is 46.5. The fraction of sp³-hybridized carbons (Fsp3) is 0.381. The van der Waals surface area contributed by atoms with E-state index in [1.54, 1.807) is 0 Å². The van der Waals surface area contributed by atoms with Gasteiger partial charge >= 0.3 is 24.1 Å². The lowest BCUT2D eigenvalue weighted by Gasteiger charge is -2.29. The predicted molar refractivity (Wildman–Crippen MR) is 117 cm³/mol. The van der Waals surface area contributed by atoms with Gasteiger partial charge in [0.1, 0.15) is 11.5 Å². The Hall–Kier alpha value is -3.32. The first-order valence-corrected chi connectivity index (χ1v) is 10.9. The van der Waals surface area contributed by atoms with Crippen molar-refractivity contribution in [2.24, 2.45) is 11.8 Å². The fourth-order valence-electron chi connectivity index (χ4n) is 3.15. The van der Waals surface area contributed by atoms with Crippen molar-refractivity contribution in [3.63, 3.8) is 0 Å². The van der Waals surface area contributed by atoms with E-state index in [2.05, 4.69) is 4.74 Å².